The van der Waals surface area contributed by atoms with E-state index in [1.807, 2.05) is 39.0 Å². The molecule has 0 unspecified atom stereocenters. The molecule has 33 heavy (non-hydrogen) atoms. The van der Waals surface area contributed by atoms with Gasteiger partial charge in [-0.15, -0.1) is 0 Å². The average Bonchev–Trinajstić information content (AvgIpc) is 2.78. The molecule has 1 aromatic heterocycles. The van der Waals surface area contributed by atoms with Crippen molar-refractivity contribution >= 4 is 22.3 Å². The number of anilines is 2. The maximum absolute atomic E-state index is 13.2. The summed E-state index contributed by atoms with van der Waals surface area (Å²) in [6.45, 7) is 9.10. The van der Waals surface area contributed by atoms with Gasteiger partial charge in [-0.25, -0.2) is 0 Å². The minimum Gasteiger partial charge on any atom is -0.390 e. The Hall–Kier alpha value is -2.87. The van der Waals surface area contributed by atoms with Gasteiger partial charge in [-0.3, -0.25) is 0 Å². The van der Waals surface area contributed by atoms with E-state index in [1.54, 1.807) is 12.3 Å². The molecule has 2 heterocycles. The Morgan fingerprint density at radius 2 is 1.82 bits per heavy atom. The summed E-state index contributed by atoms with van der Waals surface area (Å²) >= 11 is 0. The maximum atomic E-state index is 13.2. The Labute approximate surface area is 192 Å². The monoisotopic (exact) mass is 460 g/mol. The molecule has 8 heteroatoms. The predicted molar refractivity (Wildman–Crippen MR) is 126 cm³/mol. The van der Waals surface area contributed by atoms with Crippen LogP contribution >= 0.6 is 0 Å². The molecule has 2 N–H and O–H groups in total. The van der Waals surface area contributed by atoms with Gasteiger partial charge >= 0.3 is 6.18 Å². The first-order valence-corrected chi connectivity index (χ1v) is 11.3. The van der Waals surface area contributed by atoms with Crippen LogP contribution in [0.25, 0.3) is 10.9 Å². The molecule has 2 aromatic carbocycles. The zero-order chi connectivity index (χ0) is 24.2. The van der Waals surface area contributed by atoms with Crippen molar-refractivity contribution in [3.63, 3.8) is 0 Å². The highest BCUT2D eigenvalue weighted by Crippen LogP contribution is 2.34. The summed E-state index contributed by atoms with van der Waals surface area (Å²) in [5, 5.41) is 22.5. The van der Waals surface area contributed by atoms with Crippen LogP contribution in [0.1, 0.15) is 50.3 Å². The van der Waals surface area contributed by atoms with E-state index in [0.29, 0.717) is 29.6 Å². The number of nitrogens with one attached hydrogen (secondary N) is 1. The minimum absolute atomic E-state index is 0.217. The Bertz CT molecular complexity index is 1090. The van der Waals surface area contributed by atoms with E-state index in [4.69, 9.17) is 0 Å². The fraction of sp³-hybridized carbons (Fsp3) is 0.440. The molecule has 4 rings (SSSR count). The SMILES string of the molecule is CC.Cc1c(CNc2cnnc3ccc(N4CCC(C)(O)CC4)cc23)cccc1C(F)(F)F. The van der Waals surface area contributed by atoms with Gasteiger partial charge < -0.3 is 15.3 Å². The molecule has 1 fully saturated rings. The summed E-state index contributed by atoms with van der Waals surface area (Å²) in [4.78, 5) is 2.22. The lowest BCUT2D eigenvalue weighted by atomic mass is 9.93. The Morgan fingerprint density at radius 3 is 2.48 bits per heavy atom. The van der Waals surface area contributed by atoms with E-state index in [9.17, 15) is 18.3 Å². The largest absolute Gasteiger partial charge is 0.416 e. The molecular weight excluding hydrogens is 429 g/mol. The average molecular weight is 461 g/mol. The highest BCUT2D eigenvalue weighted by molar-refractivity contribution is 5.92. The van der Waals surface area contributed by atoms with Gasteiger partial charge in [0.05, 0.1) is 28.6 Å². The van der Waals surface area contributed by atoms with Gasteiger partial charge in [0.25, 0.3) is 0 Å². The number of fused-ring (bicyclic) bond motifs is 1. The molecule has 0 bridgehead atoms. The van der Waals surface area contributed by atoms with Crippen LogP contribution in [0.5, 0.6) is 0 Å². The fourth-order valence-electron chi connectivity index (χ4n) is 4.00. The zero-order valence-electron chi connectivity index (χ0n) is 19.5. The van der Waals surface area contributed by atoms with E-state index in [0.717, 1.165) is 30.2 Å². The molecule has 5 nitrogen and oxygen atoms in total. The van der Waals surface area contributed by atoms with Crippen LogP contribution in [0.15, 0.2) is 42.6 Å². The molecule has 0 radical (unpaired) electrons. The molecule has 1 saturated heterocycles. The molecule has 178 valence electrons. The van der Waals surface area contributed by atoms with Crippen molar-refractivity contribution in [2.24, 2.45) is 0 Å². The van der Waals surface area contributed by atoms with Gasteiger partial charge in [-0.1, -0.05) is 26.0 Å². The molecular formula is C25H31F3N4O. The van der Waals surface area contributed by atoms with E-state index in [1.165, 1.54) is 13.0 Å². The summed E-state index contributed by atoms with van der Waals surface area (Å²) in [5.41, 5.74) is 1.99. The summed E-state index contributed by atoms with van der Waals surface area (Å²) in [5.74, 6) is 0. The van der Waals surface area contributed by atoms with Crippen LogP contribution in [0.3, 0.4) is 0 Å². The highest BCUT2D eigenvalue weighted by Gasteiger charge is 2.32. The van der Waals surface area contributed by atoms with Crippen LogP contribution < -0.4 is 10.2 Å². The fourth-order valence-corrected chi connectivity index (χ4v) is 4.00. The molecule has 1 aliphatic heterocycles. The molecule has 0 spiro atoms. The third-order valence-electron chi connectivity index (χ3n) is 6.05. The first kappa shape index (κ1) is 24.8. The van der Waals surface area contributed by atoms with Crippen molar-refractivity contribution < 1.29 is 18.3 Å². The van der Waals surface area contributed by atoms with Crippen molar-refractivity contribution in [2.75, 3.05) is 23.3 Å². The first-order valence-electron chi connectivity index (χ1n) is 11.3. The number of aliphatic hydroxyl groups is 1. The first-order chi connectivity index (χ1) is 15.6. The molecule has 0 atom stereocenters. The number of rotatable bonds is 4. The highest BCUT2D eigenvalue weighted by atomic mass is 19.4. The summed E-state index contributed by atoms with van der Waals surface area (Å²) in [6.07, 6.45) is -1.39. The van der Waals surface area contributed by atoms with Crippen LogP contribution in [-0.4, -0.2) is 34.0 Å². The Morgan fingerprint density at radius 1 is 1.12 bits per heavy atom. The van der Waals surface area contributed by atoms with Gasteiger partial charge in [-0.2, -0.15) is 23.4 Å². The number of nitrogens with zero attached hydrogens (tertiary/aromatic N) is 3. The predicted octanol–water partition coefficient (Wildman–Crippen LogP) is 5.95. The number of hydrogen-bond acceptors (Lipinski definition) is 5. The van der Waals surface area contributed by atoms with Crippen molar-refractivity contribution in [1.82, 2.24) is 10.2 Å². The van der Waals surface area contributed by atoms with Crippen LogP contribution in [0.2, 0.25) is 0 Å². The minimum atomic E-state index is -4.38. The van der Waals surface area contributed by atoms with Gasteiger partial charge in [0, 0.05) is 30.7 Å². The topological polar surface area (TPSA) is 61.3 Å². The van der Waals surface area contributed by atoms with Gasteiger partial charge in [0.15, 0.2) is 0 Å². The second kappa shape index (κ2) is 9.95. The lowest BCUT2D eigenvalue weighted by Crippen LogP contribution is -2.42. The van der Waals surface area contributed by atoms with Gasteiger partial charge in [0.2, 0.25) is 0 Å². The molecule has 3 aromatic rings. The summed E-state index contributed by atoms with van der Waals surface area (Å²) < 4.78 is 39.6. The number of piperidine rings is 1. The number of aromatic nitrogens is 2. The second-order valence-electron chi connectivity index (χ2n) is 8.38. The number of hydrogen-bond donors (Lipinski definition) is 2. The molecule has 0 amide bonds. The van der Waals surface area contributed by atoms with E-state index in [-0.39, 0.29) is 12.1 Å². The number of halogens is 3. The van der Waals surface area contributed by atoms with Crippen molar-refractivity contribution in [2.45, 2.75) is 58.9 Å². The summed E-state index contributed by atoms with van der Waals surface area (Å²) in [6, 6.07) is 10.1. The summed E-state index contributed by atoms with van der Waals surface area (Å²) in [7, 11) is 0. The number of alkyl halides is 3. The maximum Gasteiger partial charge on any atom is 0.416 e. The standard InChI is InChI=1S/C23H25F3N4O.C2H6/c1-15-16(4-3-5-19(15)23(24,25)26)13-27-21-14-28-29-20-7-6-17(12-18(20)21)30-10-8-22(2,31)9-11-30;1-2/h3-7,12,14,31H,8-11,13H2,1-2H3,(H,27,29);1-2H3. The third-order valence-corrected chi connectivity index (χ3v) is 6.05. The Balaban J connectivity index is 0.00000149. The Kier molecular flexibility index (Phi) is 7.47. The van der Waals surface area contributed by atoms with Crippen molar-refractivity contribution in [3.8, 4) is 0 Å². The van der Waals surface area contributed by atoms with E-state index < -0.39 is 17.3 Å². The van der Waals surface area contributed by atoms with Crippen molar-refractivity contribution in [1.29, 1.82) is 0 Å². The lowest BCUT2D eigenvalue weighted by Gasteiger charge is -2.37. The zero-order valence-corrected chi connectivity index (χ0v) is 19.5. The molecule has 0 aliphatic carbocycles. The molecule has 1 aliphatic rings. The van der Waals surface area contributed by atoms with Gasteiger partial charge in [-0.05, 0) is 62.1 Å². The van der Waals surface area contributed by atoms with Crippen LogP contribution in [0, 0.1) is 6.92 Å². The van der Waals surface area contributed by atoms with Crippen LogP contribution in [0.4, 0.5) is 24.5 Å². The second-order valence-corrected chi connectivity index (χ2v) is 8.38. The molecule has 0 saturated carbocycles. The van der Waals surface area contributed by atoms with Gasteiger partial charge in [0.1, 0.15) is 0 Å². The van der Waals surface area contributed by atoms with Crippen LogP contribution in [-0.2, 0) is 12.7 Å². The quantitative estimate of drug-likeness (QED) is 0.504. The van der Waals surface area contributed by atoms with Crippen molar-refractivity contribution in [3.05, 3.63) is 59.3 Å². The third kappa shape index (κ3) is 5.74. The number of benzene rings is 2. The normalized spacial score (nSPS) is 15.7. The van der Waals surface area contributed by atoms with E-state index in [2.05, 4.69) is 20.4 Å². The van der Waals surface area contributed by atoms with E-state index >= 15 is 0 Å². The smallest absolute Gasteiger partial charge is 0.390 e. The lowest BCUT2D eigenvalue weighted by molar-refractivity contribution is -0.138.